The number of hydrogen-bond donors (Lipinski definition) is 3. The third-order valence-corrected chi connectivity index (χ3v) is 4.83. The predicted molar refractivity (Wildman–Crippen MR) is 90.5 cm³/mol. The molecule has 25 heavy (non-hydrogen) atoms. The number of aromatic amines is 1. The molecule has 130 valence electrons. The van der Waals surface area contributed by atoms with Crippen molar-refractivity contribution in [3.05, 3.63) is 65.9 Å². The summed E-state index contributed by atoms with van der Waals surface area (Å²) in [7, 11) is -3.82. The molecule has 3 rings (SSSR count). The number of sulfonamides is 1. The number of benzene rings is 1. The molecule has 9 heteroatoms. The van der Waals surface area contributed by atoms with Crippen molar-refractivity contribution < 1.29 is 17.6 Å². The molecule has 1 aromatic carbocycles. The minimum atomic E-state index is -3.82. The van der Waals surface area contributed by atoms with Crippen LogP contribution in [0.2, 0.25) is 0 Å². The van der Waals surface area contributed by atoms with Crippen LogP contribution in [0.1, 0.15) is 21.8 Å². The molecular weight excluding hydrogens is 344 g/mol. The van der Waals surface area contributed by atoms with Gasteiger partial charge in [-0.1, -0.05) is 17.7 Å². The van der Waals surface area contributed by atoms with Crippen molar-refractivity contribution >= 4 is 21.6 Å². The summed E-state index contributed by atoms with van der Waals surface area (Å²) in [6.45, 7) is 2.04. The lowest BCUT2D eigenvalue weighted by Crippen LogP contribution is -2.24. The molecule has 0 aliphatic heterocycles. The fourth-order valence-corrected chi connectivity index (χ4v) is 3.18. The molecular formula is C16H16N4O4S. The summed E-state index contributed by atoms with van der Waals surface area (Å²) >= 11 is 0. The van der Waals surface area contributed by atoms with Crippen molar-refractivity contribution in [2.75, 3.05) is 4.72 Å². The van der Waals surface area contributed by atoms with Crippen LogP contribution in [0.15, 0.2) is 58.2 Å². The summed E-state index contributed by atoms with van der Waals surface area (Å²) < 4.78 is 32.4. The number of hydrogen-bond acceptors (Lipinski definition) is 5. The highest BCUT2D eigenvalue weighted by atomic mass is 32.2. The average molecular weight is 360 g/mol. The minimum Gasteiger partial charge on any atom is -0.467 e. The van der Waals surface area contributed by atoms with E-state index in [4.69, 9.17) is 4.42 Å². The Kier molecular flexibility index (Phi) is 4.57. The van der Waals surface area contributed by atoms with E-state index in [-0.39, 0.29) is 22.8 Å². The van der Waals surface area contributed by atoms with E-state index in [1.54, 1.807) is 24.3 Å². The summed E-state index contributed by atoms with van der Waals surface area (Å²) in [4.78, 5) is 12.3. The number of nitrogens with zero attached hydrogens (tertiary/aromatic N) is 1. The zero-order valence-electron chi connectivity index (χ0n) is 13.3. The third-order valence-electron chi connectivity index (χ3n) is 3.45. The molecule has 2 aromatic heterocycles. The van der Waals surface area contributed by atoms with Gasteiger partial charge in [-0.05, 0) is 31.2 Å². The molecule has 0 spiro atoms. The van der Waals surface area contributed by atoms with E-state index in [9.17, 15) is 13.2 Å². The van der Waals surface area contributed by atoms with Crippen molar-refractivity contribution in [2.45, 2.75) is 18.4 Å². The molecule has 0 unspecified atom stereocenters. The molecule has 0 atom stereocenters. The average Bonchev–Trinajstić information content (AvgIpc) is 3.24. The molecule has 0 bridgehead atoms. The van der Waals surface area contributed by atoms with Crippen LogP contribution in [0.4, 0.5) is 5.69 Å². The van der Waals surface area contributed by atoms with Crippen molar-refractivity contribution in [1.82, 2.24) is 15.5 Å². The van der Waals surface area contributed by atoms with Gasteiger partial charge in [0.15, 0.2) is 0 Å². The maximum absolute atomic E-state index is 12.4. The van der Waals surface area contributed by atoms with Gasteiger partial charge in [-0.3, -0.25) is 14.6 Å². The molecule has 0 aliphatic carbocycles. The van der Waals surface area contributed by atoms with Gasteiger partial charge >= 0.3 is 0 Å². The highest BCUT2D eigenvalue weighted by Crippen LogP contribution is 2.18. The van der Waals surface area contributed by atoms with Crippen LogP contribution < -0.4 is 10.0 Å². The van der Waals surface area contributed by atoms with Gasteiger partial charge in [-0.2, -0.15) is 5.10 Å². The number of H-pyrrole nitrogens is 1. The Bertz CT molecular complexity index is 960. The van der Waals surface area contributed by atoms with E-state index in [1.807, 2.05) is 6.92 Å². The fraction of sp³-hybridized carbons (Fsp3) is 0.125. The first kappa shape index (κ1) is 16.8. The summed E-state index contributed by atoms with van der Waals surface area (Å²) in [6.07, 6.45) is 2.74. The molecule has 8 nitrogen and oxygen atoms in total. The number of carbonyl (C=O) groups excluding carboxylic acids is 1. The SMILES string of the molecule is Cc1ccc(S(=O)(=O)Nc2cn[nH]c2C(=O)NCc2ccco2)cc1. The first-order valence-corrected chi connectivity index (χ1v) is 8.87. The van der Waals surface area contributed by atoms with Gasteiger partial charge in [0, 0.05) is 0 Å². The molecule has 3 aromatic rings. The standard InChI is InChI=1S/C16H16N4O4S/c1-11-4-6-13(7-5-11)25(22,23)20-14-10-18-19-15(14)16(21)17-9-12-3-2-8-24-12/h2-8,10,20H,9H2,1H3,(H,17,21)(H,18,19). The highest BCUT2D eigenvalue weighted by molar-refractivity contribution is 7.92. The van der Waals surface area contributed by atoms with Crippen molar-refractivity contribution in [3.8, 4) is 0 Å². The van der Waals surface area contributed by atoms with E-state index in [0.717, 1.165) is 5.56 Å². The second-order valence-electron chi connectivity index (χ2n) is 5.34. The summed E-state index contributed by atoms with van der Waals surface area (Å²) in [5.74, 6) is 0.0742. The summed E-state index contributed by atoms with van der Waals surface area (Å²) in [6, 6.07) is 9.80. The lowest BCUT2D eigenvalue weighted by molar-refractivity contribution is 0.0944. The number of aryl methyl sites for hydroxylation is 1. The van der Waals surface area contributed by atoms with E-state index >= 15 is 0 Å². The second kappa shape index (κ2) is 6.81. The Hall–Kier alpha value is -3.07. The minimum absolute atomic E-state index is 0.0160. The van der Waals surface area contributed by atoms with Crippen LogP contribution in [-0.2, 0) is 16.6 Å². The molecule has 2 heterocycles. The topological polar surface area (TPSA) is 117 Å². The zero-order chi connectivity index (χ0) is 17.9. The smallest absolute Gasteiger partial charge is 0.271 e. The van der Waals surface area contributed by atoms with Crippen LogP contribution in [-0.4, -0.2) is 24.5 Å². The third kappa shape index (κ3) is 3.89. The highest BCUT2D eigenvalue weighted by Gasteiger charge is 2.20. The normalized spacial score (nSPS) is 11.2. The number of amides is 1. The van der Waals surface area contributed by atoms with Crippen molar-refractivity contribution in [2.24, 2.45) is 0 Å². The molecule has 1 amide bonds. The number of furan rings is 1. The van der Waals surface area contributed by atoms with Crippen LogP contribution in [0, 0.1) is 6.92 Å². The van der Waals surface area contributed by atoms with Crippen molar-refractivity contribution in [3.63, 3.8) is 0 Å². The first-order chi connectivity index (χ1) is 12.0. The van der Waals surface area contributed by atoms with Gasteiger partial charge < -0.3 is 9.73 Å². The van der Waals surface area contributed by atoms with Gasteiger partial charge in [0.25, 0.3) is 15.9 Å². The Morgan fingerprint density at radius 3 is 2.68 bits per heavy atom. The van der Waals surface area contributed by atoms with Gasteiger partial charge in [0.05, 0.1) is 29.6 Å². The molecule has 0 radical (unpaired) electrons. The van der Waals surface area contributed by atoms with Gasteiger partial charge in [-0.15, -0.1) is 0 Å². The molecule has 3 N–H and O–H groups in total. The monoisotopic (exact) mass is 360 g/mol. The summed E-state index contributed by atoms with van der Waals surface area (Å²) in [5, 5.41) is 8.87. The van der Waals surface area contributed by atoms with Crippen LogP contribution in [0.25, 0.3) is 0 Å². The van der Waals surface area contributed by atoms with E-state index < -0.39 is 15.9 Å². The largest absolute Gasteiger partial charge is 0.467 e. The number of anilines is 1. The molecule has 0 aliphatic rings. The predicted octanol–water partition coefficient (Wildman–Crippen LogP) is 2.04. The lowest BCUT2D eigenvalue weighted by atomic mass is 10.2. The van der Waals surface area contributed by atoms with E-state index in [0.29, 0.717) is 5.76 Å². The lowest BCUT2D eigenvalue weighted by Gasteiger charge is -2.08. The van der Waals surface area contributed by atoms with Crippen molar-refractivity contribution in [1.29, 1.82) is 0 Å². The molecule has 0 saturated heterocycles. The molecule has 0 fully saturated rings. The Morgan fingerprint density at radius 2 is 2.00 bits per heavy atom. The number of aromatic nitrogens is 2. The van der Waals surface area contributed by atoms with Gasteiger partial charge in [-0.25, -0.2) is 8.42 Å². The maximum Gasteiger partial charge on any atom is 0.271 e. The van der Waals surface area contributed by atoms with E-state index in [2.05, 4.69) is 20.2 Å². The van der Waals surface area contributed by atoms with Crippen LogP contribution >= 0.6 is 0 Å². The summed E-state index contributed by atoms with van der Waals surface area (Å²) in [5.41, 5.74) is 1.03. The molecule has 0 saturated carbocycles. The fourth-order valence-electron chi connectivity index (χ4n) is 2.13. The second-order valence-corrected chi connectivity index (χ2v) is 7.02. The number of rotatable bonds is 6. The Morgan fingerprint density at radius 1 is 1.24 bits per heavy atom. The Balaban J connectivity index is 1.74. The van der Waals surface area contributed by atoms with Gasteiger partial charge in [0.2, 0.25) is 0 Å². The number of nitrogens with one attached hydrogen (secondary N) is 3. The quantitative estimate of drug-likeness (QED) is 0.622. The Labute approximate surface area is 144 Å². The number of carbonyl (C=O) groups is 1. The van der Waals surface area contributed by atoms with Gasteiger partial charge in [0.1, 0.15) is 11.5 Å². The first-order valence-electron chi connectivity index (χ1n) is 7.39. The van der Waals surface area contributed by atoms with E-state index in [1.165, 1.54) is 24.6 Å². The van der Waals surface area contributed by atoms with Crippen LogP contribution in [0.3, 0.4) is 0 Å². The maximum atomic E-state index is 12.4. The van der Waals surface area contributed by atoms with Crippen LogP contribution in [0.5, 0.6) is 0 Å². The zero-order valence-corrected chi connectivity index (χ0v) is 14.1.